The summed E-state index contributed by atoms with van der Waals surface area (Å²) in [5, 5.41) is 4.34. The van der Waals surface area contributed by atoms with Gasteiger partial charge >= 0.3 is 0 Å². The summed E-state index contributed by atoms with van der Waals surface area (Å²) in [5.41, 5.74) is 6.76. The van der Waals surface area contributed by atoms with Gasteiger partial charge in [-0.1, -0.05) is 24.3 Å². The number of aryl methyl sites for hydroxylation is 1. The molecule has 2 rings (SSSR count). The Morgan fingerprint density at radius 1 is 1.54 bits per heavy atom. The number of hydrogen-bond donors (Lipinski definition) is 1. The fourth-order valence-corrected chi connectivity index (χ4v) is 1.49. The van der Waals surface area contributed by atoms with Crippen molar-refractivity contribution in [3.05, 3.63) is 36.1 Å². The van der Waals surface area contributed by atoms with E-state index in [9.17, 15) is 0 Å². The van der Waals surface area contributed by atoms with Crippen molar-refractivity contribution in [2.75, 3.05) is 5.73 Å². The van der Waals surface area contributed by atoms with Gasteiger partial charge in [0.25, 0.3) is 0 Å². The Balaban J connectivity index is 2.25. The molecule has 3 nitrogen and oxygen atoms in total. The van der Waals surface area contributed by atoms with E-state index in [-0.39, 0.29) is 0 Å². The number of nitrogens with zero attached hydrogens (tertiary/aromatic N) is 2. The number of nitrogens with two attached hydrogens (primary N) is 1. The molecule has 2 N–H and O–H groups in total. The van der Waals surface area contributed by atoms with Crippen LogP contribution < -0.4 is 5.73 Å². The van der Waals surface area contributed by atoms with Crippen molar-refractivity contribution in [3.8, 4) is 0 Å². The van der Waals surface area contributed by atoms with Gasteiger partial charge in [-0.3, -0.25) is 4.68 Å². The molecule has 1 atom stereocenters. The van der Waals surface area contributed by atoms with Crippen LogP contribution in [0.1, 0.15) is 18.0 Å². The van der Waals surface area contributed by atoms with Gasteiger partial charge in [0.1, 0.15) is 5.82 Å². The number of allylic oxidation sites excluding steroid dienone is 4. The van der Waals surface area contributed by atoms with Crippen molar-refractivity contribution in [1.82, 2.24) is 9.78 Å². The summed E-state index contributed by atoms with van der Waals surface area (Å²) < 4.78 is 1.71. The first-order valence-electron chi connectivity index (χ1n) is 4.40. The minimum atomic E-state index is 0.397. The first kappa shape index (κ1) is 8.10. The number of hydrogen-bond acceptors (Lipinski definition) is 2. The molecule has 0 amide bonds. The highest BCUT2D eigenvalue weighted by Crippen LogP contribution is 2.24. The predicted octanol–water partition coefficient (Wildman–Crippen LogP) is 1.60. The molecule has 13 heavy (non-hydrogen) atoms. The molecule has 3 heteroatoms. The summed E-state index contributed by atoms with van der Waals surface area (Å²) >= 11 is 0. The van der Waals surface area contributed by atoms with E-state index in [4.69, 9.17) is 5.73 Å². The van der Waals surface area contributed by atoms with E-state index in [0.717, 1.165) is 17.9 Å². The van der Waals surface area contributed by atoms with Gasteiger partial charge in [-0.25, -0.2) is 0 Å². The summed E-state index contributed by atoms with van der Waals surface area (Å²) in [4.78, 5) is 0. The topological polar surface area (TPSA) is 43.8 Å². The third-order valence-electron chi connectivity index (χ3n) is 2.30. The summed E-state index contributed by atoms with van der Waals surface area (Å²) in [6.07, 6.45) is 9.44. The van der Waals surface area contributed by atoms with Crippen LogP contribution in [0.5, 0.6) is 0 Å². The monoisotopic (exact) mass is 175 g/mol. The Labute approximate surface area is 77.5 Å². The van der Waals surface area contributed by atoms with Crippen LogP contribution in [0.3, 0.4) is 0 Å². The smallest absolute Gasteiger partial charge is 0.121 e. The van der Waals surface area contributed by atoms with Crippen LogP contribution in [0.15, 0.2) is 30.4 Å². The molecule has 68 valence electrons. The van der Waals surface area contributed by atoms with Crippen molar-refractivity contribution in [2.45, 2.75) is 12.3 Å². The summed E-state index contributed by atoms with van der Waals surface area (Å²) in [6, 6.07) is 1.94. The van der Waals surface area contributed by atoms with Crippen LogP contribution >= 0.6 is 0 Å². The Kier molecular flexibility index (Phi) is 1.93. The second kappa shape index (κ2) is 3.09. The van der Waals surface area contributed by atoms with Crippen LogP contribution in [-0.2, 0) is 7.05 Å². The van der Waals surface area contributed by atoms with Crippen LogP contribution in [-0.4, -0.2) is 9.78 Å². The zero-order valence-corrected chi connectivity index (χ0v) is 7.64. The lowest BCUT2D eigenvalue weighted by atomic mass is 9.98. The molecule has 1 aliphatic carbocycles. The van der Waals surface area contributed by atoms with Gasteiger partial charge in [-0.2, -0.15) is 5.10 Å². The molecule has 0 aliphatic heterocycles. The average molecular weight is 175 g/mol. The average Bonchev–Trinajstić information content (AvgIpc) is 2.49. The SMILES string of the molecule is Cn1nc(C2C=CC=CC2)cc1N. The second-order valence-corrected chi connectivity index (χ2v) is 3.27. The maximum atomic E-state index is 5.71. The Bertz CT molecular complexity index is 341. The van der Waals surface area contributed by atoms with Crippen molar-refractivity contribution in [2.24, 2.45) is 7.05 Å². The molecular formula is C10H13N3. The zero-order chi connectivity index (χ0) is 9.26. The Morgan fingerprint density at radius 2 is 2.38 bits per heavy atom. The maximum absolute atomic E-state index is 5.71. The summed E-state index contributed by atoms with van der Waals surface area (Å²) in [7, 11) is 1.86. The molecule has 0 spiro atoms. The van der Waals surface area contributed by atoms with Gasteiger partial charge in [0.2, 0.25) is 0 Å². The molecule has 1 aliphatic rings. The largest absolute Gasteiger partial charge is 0.384 e. The van der Waals surface area contributed by atoms with Gasteiger partial charge in [-0.05, 0) is 6.42 Å². The zero-order valence-electron chi connectivity index (χ0n) is 7.64. The molecule has 0 bridgehead atoms. The third-order valence-corrected chi connectivity index (χ3v) is 2.30. The van der Waals surface area contributed by atoms with E-state index in [1.165, 1.54) is 0 Å². The second-order valence-electron chi connectivity index (χ2n) is 3.27. The minimum absolute atomic E-state index is 0.397. The fourth-order valence-electron chi connectivity index (χ4n) is 1.49. The van der Waals surface area contributed by atoms with E-state index in [1.54, 1.807) is 4.68 Å². The van der Waals surface area contributed by atoms with Gasteiger partial charge in [-0.15, -0.1) is 0 Å². The van der Waals surface area contributed by atoms with E-state index in [1.807, 2.05) is 13.1 Å². The van der Waals surface area contributed by atoms with E-state index in [0.29, 0.717) is 5.92 Å². The van der Waals surface area contributed by atoms with Crippen LogP contribution in [0.2, 0.25) is 0 Å². The van der Waals surface area contributed by atoms with Gasteiger partial charge in [0.05, 0.1) is 5.69 Å². The van der Waals surface area contributed by atoms with Gasteiger partial charge < -0.3 is 5.73 Å². The van der Waals surface area contributed by atoms with Crippen molar-refractivity contribution in [3.63, 3.8) is 0 Å². The van der Waals surface area contributed by atoms with E-state index in [2.05, 4.69) is 29.4 Å². The highest BCUT2D eigenvalue weighted by atomic mass is 15.3. The fraction of sp³-hybridized carbons (Fsp3) is 0.300. The molecule has 1 aromatic heterocycles. The Morgan fingerprint density at radius 3 is 2.92 bits per heavy atom. The first-order chi connectivity index (χ1) is 6.27. The minimum Gasteiger partial charge on any atom is -0.384 e. The summed E-state index contributed by atoms with van der Waals surface area (Å²) in [5.74, 6) is 1.12. The predicted molar refractivity (Wildman–Crippen MR) is 53.3 cm³/mol. The van der Waals surface area contributed by atoms with Crippen LogP contribution in [0.4, 0.5) is 5.82 Å². The number of aromatic nitrogens is 2. The summed E-state index contributed by atoms with van der Waals surface area (Å²) in [6.45, 7) is 0. The van der Waals surface area contributed by atoms with Crippen LogP contribution in [0, 0.1) is 0 Å². The molecule has 0 aromatic carbocycles. The van der Waals surface area contributed by atoms with Crippen molar-refractivity contribution >= 4 is 5.82 Å². The number of anilines is 1. The quantitative estimate of drug-likeness (QED) is 0.704. The van der Waals surface area contributed by atoms with E-state index >= 15 is 0 Å². The highest BCUT2D eigenvalue weighted by molar-refractivity contribution is 5.34. The molecule has 1 unspecified atom stereocenters. The third kappa shape index (κ3) is 1.49. The molecular weight excluding hydrogens is 162 g/mol. The van der Waals surface area contributed by atoms with Crippen molar-refractivity contribution in [1.29, 1.82) is 0 Å². The number of rotatable bonds is 1. The number of nitrogen functional groups attached to an aromatic ring is 1. The highest BCUT2D eigenvalue weighted by Gasteiger charge is 2.12. The van der Waals surface area contributed by atoms with Crippen LogP contribution in [0.25, 0.3) is 0 Å². The van der Waals surface area contributed by atoms with Crippen molar-refractivity contribution < 1.29 is 0 Å². The lowest BCUT2D eigenvalue weighted by molar-refractivity contribution is 0.719. The van der Waals surface area contributed by atoms with Gasteiger partial charge in [0, 0.05) is 19.0 Å². The molecule has 1 aromatic rings. The van der Waals surface area contributed by atoms with E-state index < -0.39 is 0 Å². The molecule has 0 saturated carbocycles. The molecule has 0 radical (unpaired) electrons. The lowest BCUT2D eigenvalue weighted by Gasteiger charge is -2.08. The standard InChI is InChI=1S/C10H13N3/c1-13-10(11)7-9(12-13)8-5-3-2-4-6-8/h2-5,7-8H,6,11H2,1H3. The molecule has 1 heterocycles. The van der Waals surface area contributed by atoms with Gasteiger partial charge in [0.15, 0.2) is 0 Å². The first-order valence-corrected chi connectivity index (χ1v) is 4.40. The molecule has 0 fully saturated rings. The maximum Gasteiger partial charge on any atom is 0.121 e. The Hall–Kier alpha value is -1.51. The molecule has 0 saturated heterocycles. The normalized spacial score (nSPS) is 20.8. The lowest BCUT2D eigenvalue weighted by Crippen LogP contribution is -1.99.